The van der Waals surface area contributed by atoms with Crippen LogP contribution in [0.15, 0.2) is 53.6 Å². The Morgan fingerprint density at radius 2 is 1.83 bits per heavy atom. The summed E-state index contributed by atoms with van der Waals surface area (Å²) in [6.07, 6.45) is 1.51. The van der Waals surface area contributed by atoms with Crippen molar-refractivity contribution in [3.63, 3.8) is 0 Å². The van der Waals surface area contributed by atoms with Crippen LogP contribution in [0.3, 0.4) is 0 Å². The molecule has 0 fully saturated rings. The molecule has 9 heteroatoms. The molecule has 1 aliphatic heterocycles. The number of fused-ring (bicyclic) bond motifs is 1. The summed E-state index contributed by atoms with van der Waals surface area (Å²) < 4.78 is 36.9. The van der Waals surface area contributed by atoms with Gasteiger partial charge in [-0.05, 0) is 11.6 Å². The molecule has 0 amide bonds. The van der Waals surface area contributed by atoms with Crippen molar-refractivity contribution < 1.29 is 17.9 Å². The molecule has 2 aromatic carbocycles. The first-order valence-corrected chi connectivity index (χ1v) is 11.4. The quantitative estimate of drug-likeness (QED) is 0.554. The summed E-state index contributed by atoms with van der Waals surface area (Å²) in [7, 11) is -0.519. The molecule has 0 saturated heterocycles. The van der Waals surface area contributed by atoms with Crippen molar-refractivity contribution >= 4 is 38.2 Å². The molecular formula is C21H20ClN3O4S. The van der Waals surface area contributed by atoms with Gasteiger partial charge >= 0.3 is 0 Å². The van der Waals surface area contributed by atoms with Crippen molar-refractivity contribution in [3.05, 3.63) is 64.8 Å². The second-order valence-electron chi connectivity index (χ2n) is 6.93. The van der Waals surface area contributed by atoms with Crippen molar-refractivity contribution in [1.82, 2.24) is 9.40 Å². The van der Waals surface area contributed by atoms with Gasteiger partial charge in [0.2, 0.25) is 10.0 Å². The fourth-order valence-electron chi connectivity index (χ4n) is 3.56. The second-order valence-corrected chi connectivity index (χ2v) is 9.13. The Kier molecular flexibility index (Phi) is 5.29. The first-order chi connectivity index (χ1) is 14.3. The first-order valence-electron chi connectivity index (χ1n) is 9.16. The molecule has 0 saturated carbocycles. The lowest BCUT2D eigenvalue weighted by atomic mass is 9.99. The Labute approximate surface area is 179 Å². The highest BCUT2D eigenvalue weighted by molar-refractivity contribution is 7.88. The molecule has 0 radical (unpaired) electrons. The Bertz CT molecular complexity index is 1250. The summed E-state index contributed by atoms with van der Waals surface area (Å²) in [4.78, 5) is 4.48. The zero-order chi connectivity index (χ0) is 21.5. The van der Waals surface area contributed by atoms with E-state index in [0.29, 0.717) is 40.1 Å². The predicted molar refractivity (Wildman–Crippen MR) is 117 cm³/mol. The van der Waals surface area contributed by atoms with Crippen LogP contribution in [0.4, 0.5) is 0 Å². The molecule has 7 nitrogen and oxygen atoms in total. The van der Waals surface area contributed by atoms with Crippen molar-refractivity contribution in [2.45, 2.75) is 12.5 Å². The minimum absolute atomic E-state index is 0.209. The maximum Gasteiger partial charge on any atom is 0.247 e. The van der Waals surface area contributed by atoms with Gasteiger partial charge in [-0.1, -0.05) is 41.9 Å². The Balaban J connectivity index is 1.85. The topological polar surface area (TPSA) is 81.1 Å². The highest BCUT2D eigenvalue weighted by Gasteiger charge is 2.36. The molecule has 0 bridgehead atoms. The number of hydrazone groups is 1. The maximum atomic E-state index is 12.5. The van der Waals surface area contributed by atoms with Gasteiger partial charge in [0, 0.05) is 29.5 Å². The number of benzene rings is 2. The highest BCUT2D eigenvalue weighted by Crippen LogP contribution is 2.40. The molecule has 0 unspecified atom stereocenters. The molecule has 1 atom stereocenters. The van der Waals surface area contributed by atoms with Crippen LogP contribution < -0.4 is 9.47 Å². The third kappa shape index (κ3) is 3.68. The molecule has 0 spiro atoms. The van der Waals surface area contributed by atoms with Gasteiger partial charge in [-0.15, -0.1) is 0 Å². The number of nitrogens with zero attached hydrogens (tertiary/aromatic N) is 3. The largest absolute Gasteiger partial charge is 0.497 e. The number of pyridine rings is 1. The number of hydrogen-bond donors (Lipinski definition) is 0. The summed E-state index contributed by atoms with van der Waals surface area (Å²) in [6.45, 7) is 0. The van der Waals surface area contributed by atoms with E-state index >= 15 is 0 Å². The zero-order valence-corrected chi connectivity index (χ0v) is 18.2. The predicted octanol–water partition coefficient (Wildman–Crippen LogP) is 4.02. The third-order valence-corrected chi connectivity index (χ3v) is 6.30. The van der Waals surface area contributed by atoms with Crippen LogP contribution >= 0.6 is 11.6 Å². The lowest BCUT2D eigenvalue weighted by Gasteiger charge is -2.22. The number of halogens is 1. The van der Waals surface area contributed by atoms with Gasteiger partial charge in [0.05, 0.1) is 37.7 Å². The monoisotopic (exact) mass is 445 g/mol. The van der Waals surface area contributed by atoms with Gasteiger partial charge in [0.25, 0.3) is 0 Å². The van der Waals surface area contributed by atoms with Crippen molar-refractivity contribution in [1.29, 1.82) is 0 Å². The van der Waals surface area contributed by atoms with Crippen molar-refractivity contribution in [2.75, 3.05) is 20.5 Å². The van der Waals surface area contributed by atoms with E-state index in [2.05, 4.69) is 10.1 Å². The molecule has 1 aliphatic rings. The minimum Gasteiger partial charge on any atom is -0.497 e. The Morgan fingerprint density at radius 3 is 2.47 bits per heavy atom. The molecule has 2 heterocycles. The average Bonchev–Trinajstić information content (AvgIpc) is 3.18. The number of methoxy groups -OCH3 is 2. The third-order valence-electron chi connectivity index (χ3n) is 4.98. The van der Waals surface area contributed by atoms with E-state index in [1.54, 1.807) is 26.4 Å². The SMILES string of the molecule is COc1cc(OC)c2cc([C@@H]3CC(c4ccccc4)=NN3S(C)(=O)=O)c(Cl)nc2c1. The highest BCUT2D eigenvalue weighted by atomic mass is 35.5. The average molecular weight is 446 g/mol. The summed E-state index contributed by atoms with van der Waals surface area (Å²) in [5.41, 5.74) is 2.69. The van der Waals surface area contributed by atoms with E-state index in [1.807, 2.05) is 36.4 Å². The Hall–Kier alpha value is -2.84. The first kappa shape index (κ1) is 20.4. The molecular weight excluding hydrogens is 426 g/mol. The molecule has 3 aromatic rings. The van der Waals surface area contributed by atoms with Crippen LogP contribution in [0.5, 0.6) is 11.5 Å². The van der Waals surface area contributed by atoms with Crippen LogP contribution in [-0.4, -0.2) is 44.0 Å². The van der Waals surface area contributed by atoms with E-state index in [1.165, 1.54) is 0 Å². The zero-order valence-electron chi connectivity index (χ0n) is 16.7. The second kappa shape index (κ2) is 7.77. The van der Waals surface area contributed by atoms with Gasteiger partial charge < -0.3 is 9.47 Å². The number of rotatable bonds is 5. The normalized spacial score (nSPS) is 16.6. The number of sulfonamides is 1. The number of aromatic nitrogens is 1. The summed E-state index contributed by atoms with van der Waals surface area (Å²) in [6, 6.07) is 14.2. The standard InChI is InChI=1S/C21H20ClN3O4S/c1-28-14-9-18-15(20(10-14)29-2)11-16(21(22)23-18)19-12-17(13-7-5-4-6-8-13)24-25(19)30(3,26)27/h4-11,19H,12H2,1-3H3/t19-/m0/s1. The molecule has 156 valence electrons. The van der Waals surface area contributed by atoms with E-state index in [-0.39, 0.29) is 5.15 Å². The van der Waals surface area contributed by atoms with Crippen molar-refractivity contribution in [2.24, 2.45) is 5.10 Å². The fraction of sp³-hybridized carbons (Fsp3) is 0.238. The van der Waals surface area contributed by atoms with Gasteiger partial charge in [0.15, 0.2) is 0 Å². The summed E-state index contributed by atoms with van der Waals surface area (Å²) in [5.74, 6) is 1.15. The molecule has 0 aliphatic carbocycles. The fourth-order valence-corrected chi connectivity index (χ4v) is 4.73. The molecule has 30 heavy (non-hydrogen) atoms. The van der Waals surface area contributed by atoms with E-state index in [4.69, 9.17) is 21.1 Å². The molecule has 1 aromatic heterocycles. The van der Waals surface area contributed by atoms with Gasteiger partial charge in [-0.2, -0.15) is 9.52 Å². The van der Waals surface area contributed by atoms with Crippen LogP contribution in [-0.2, 0) is 10.0 Å². The van der Waals surface area contributed by atoms with Crippen LogP contribution in [0.1, 0.15) is 23.6 Å². The molecule has 4 rings (SSSR count). The molecule has 0 N–H and O–H groups in total. The minimum atomic E-state index is -3.63. The van der Waals surface area contributed by atoms with Gasteiger partial charge in [-0.25, -0.2) is 13.4 Å². The van der Waals surface area contributed by atoms with Gasteiger partial charge in [-0.3, -0.25) is 0 Å². The number of ether oxygens (including phenoxy) is 2. The van der Waals surface area contributed by atoms with E-state index in [9.17, 15) is 8.42 Å². The summed E-state index contributed by atoms with van der Waals surface area (Å²) >= 11 is 6.52. The van der Waals surface area contributed by atoms with Gasteiger partial charge in [0.1, 0.15) is 16.7 Å². The Morgan fingerprint density at radius 1 is 1.10 bits per heavy atom. The lowest BCUT2D eigenvalue weighted by molar-refractivity contribution is 0.374. The summed E-state index contributed by atoms with van der Waals surface area (Å²) in [5, 5.41) is 5.32. The smallest absolute Gasteiger partial charge is 0.247 e. The maximum absolute atomic E-state index is 12.5. The lowest BCUT2D eigenvalue weighted by Crippen LogP contribution is -2.26. The van der Waals surface area contributed by atoms with Crippen LogP contribution in [0, 0.1) is 0 Å². The van der Waals surface area contributed by atoms with Crippen LogP contribution in [0.25, 0.3) is 10.9 Å². The van der Waals surface area contributed by atoms with E-state index < -0.39 is 16.1 Å². The van der Waals surface area contributed by atoms with E-state index in [0.717, 1.165) is 16.2 Å². The number of hydrogen-bond acceptors (Lipinski definition) is 6. The van der Waals surface area contributed by atoms with Crippen molar-refractivity contribution in [3.8, 4) is 11.5 Å². The van der Waals surface area contributed by atoms with Crippen LogP contribution in [0.2, 0.25) is 5.15 Å².